The van der Waals surface area contributed by atoms with E-state index in [1.54, 1.807) is 44.2 Å². The van der Waals surface area contributed by atoms with Gasteiger partial charge in [0.15, 0.2) is 10.7 Å². The fraction of sp³-hybridized carbons (Fsp3) is 0.393. The molecule has 1 N–H and O–H groups in total. The van der Waals surface area contributed by atoms with E-state index in [4.69, 9.17) is 9.78 Å². The summed E-state index contributed by atoms with van der Waals surface area (Å²) in [6.45, 7) is 6.50. The summed E-state index contributed by atoms with van der Waals surface area (Å²) in [6.07, 6.45) is 1.69. The first-order valence-electron chi connectivity index (χ1n) is 12.8. The van der Waals surface area contributed by atoms with E-state index in [0.29, 0.717) is 18.7 Å². The van der Waals surface area contributed by atoms with E-state index in [2.05, 4.69) is 21.4 Å². The lowest BCUT2D eigenvalue weighted by molar-refractivity contribution is -0.121. The average Bonchev–Trinajstić information content (AvgIpc) is 3.26. The van der Waals surface area contributed by atoms with E-state index in [9.17, 15) is 17.6 Å². The summed E-state index contributed by atoms with van der Waals surface area (Å²) in [5, 5.41) is 15.8. The second-order valence-electron chi connectivity index (χ2n) is 9.88. The van der Waals surface area contributed by atoms with Gasteiger partial charge in [0.2, 0.25) is 5.91 Å². The van der Waals surface area contributed by atoms with E-state index < -0.39 is 15.8 Å². The van der Waals surface area contributed by atoms with Crippen molar-refractivity contribution in [3.63, 3.8) is 0 Å². The zero-order valence-electron chi connectivity index (χ0n) is 22.2. The molecule has 3 aromatic rings. The molecule has 0 radical (unpaired) electrons. The Morgan fingerprint density at radius 1 is 1.23 bits per heavy atom. The van der Waals surface area contributed by atoms with Gasteiger partial charge in [-0.1, -0.05) is 23.4 Å². The molecule has 0 spiro atoms. The highest BCUT2D eigenvalue weighted by atomic mass is 32.2. The van der Waals surface area contributed by atoms with Crippen molar-refractivity contribution in [1.29, 1.82) is 5.26 Å². The fourth-order valence-corrected chi connectivity index (χ4v) is 6.76. The summed E-state index contributed by atoms with van der Waals surface area (Å²) in [5.41, 5.74) is 1.87. The number of halogens is 1. The van der Waals surface area contributed by atoms with Crippen molar-refractivity contribution in [3.8, 4) is 6.07 Å². The fourth-order valence-electron chi connectivity index (χ4n) is 4.93. The van der Waals surface area contributed by atoms with Crippen LogP contribution in [-0.4, -0.2) is 56.1 Å². The average molecular weight is 554 g/mol. The lowest BCUT2D eigenvalue weighted by atomic mass is 10.0. The summed E-state index contributed by atoms with van der Waals surface area (Å²) < 4.78 is 47.9. The molecular formula is C28H32FN5O4S. The van der Waals surface area contributed by atoms with Crippen molar-refractivity contribution in [1.82, 2.24) is 15.4 Å². The molecule has 1 fully saturated rings. The molecule has 206 valence electrons. The van der Waals surface area contributed by atoms with Crippen molar-refractivity contribution in [2.24, 2.45) is 0 Å². The van der Waals surface area contributed by atoms with Crippen LogP contribution in [0.2, 0.25) is 0 Å². The number of nitrogens with zero attached hydrogens (tertiary/aromatic N) is 4. The van der Waals surface area contributed by atoms with Crippen LogP contribution >= 0.6 is 0 Å². The number of benzene rings is 2. The van der Waals surface area contributed by atoms with Gasteiger partial charge in [-0.25, -0.2) is 12.8 Å². The van der Waals surface area contributed by atoms with Crippen molar-refractivity contribution in [2.75, 3.05) is 23.9 Å². The Hall–Kier alpha value is -3.75. The molecule has 0 unspecified atom stereocenters. The zero-order chi connectivity index (χ0) is 28.2. The van der Waals surface area contributed by atoms with Gasteiger partial charge in [-0.2, -0.15) is 5.26 Å². The van der Waals surface area contributed by atoms with E-state index >= 15 is 0 Å². The topological polar surface area (TPSA) is 120 Å². The third-order valence-electron chi connectivity index (χ3n) is 7.01. The molecule has 2 heterocycles. The minimum absolute atomic E-state index is 0.0114. The van der Waals surface area contributed by atoms with Crippen LogP contribution < -0.4 is 9.62 Å². The van der Waals surface area contributed by atoms with Crippen LogP contribution in [0.3, 0.4) is 0 Å². The number of carbonyl (C=O) groups excluding carboxylic acids is 1. The number of piperidine rings is 1. The standard InChI is InChI=1S/C28H32FN5O4S/c1-19(33-13-11-25(12-14-33)31-27(35)15-22-7-9-23(17-30)10-8-22)18-34(26-6-4-5-24(29)16-26)39(36,37)28-20(2)32-38-21(28)3/h4-10,16,19,25H,11-15,18H2,1-3H3,(H,31,35)/t19-/m1/s1. The number of amides is 1. The molecule has 39 heavy (non-hydrogen) atoms. The van der Waals surface area contributed by atoms with E-state index in [0.717, 1.165) is 18.4 Å². The third-order valence-corrected chi connectivity index (χ3v) is 9.05. The smallest absolute Gasteiger partial charge is 0.269 e. The lowest BCUT2D eigenvalue weighted by Crippen LogP contribution is -2.51. The van der Waals surface area contributed by atoms with Crippen molar-refractivity contribution in [2.45, 2.75) is 57.0 Å². The second kappa shape index (κ2) is 12.0. The Labute approximate surface area is 228 Å². The molecule has 4 rings (SSSR count). The maximum Gasteiger partial charge on any atom is 0.269 e. The monoisotopic (exact) mass is 553 g/mol. The number of hydrogen-bond donors (Lipinski definition) is 1. The number of hydrogen-bond acceptors (Lipinski definition) is 7. The number of carbonyl (C=O) groups is 1. The number of aromatic nitrogens is 1. The van der Waals surface area contributed by atoms with Gasteiger partial charge in [-0.3, -0.25) is 14.0 Å². The molecular weight excluding hydrogens is 521 g/mol. The normalized spacial score (nSPS) is 15.5. The van der Waals surface area contributed by atoms with Gasteiger partial charge in [-0.15, -0.1) is 0 Å². The molecule has 1 aromatic heterocycles. The molecule has 1 aliphatic heterocycles. The van der Waals surface area contributed by atoms with Crippen LogP contribution in [0.25, 0.3) is 0 Å². The van der Waals surface area contributed by atoms with Crippen LogP contribution in [0.1, 0.15) is 42.3 Å². The number of nitrogens with one attached hydrogen (secondary N) is 1. The van der Waals surface area contributed by atoms with Crippen LogP contribution in [-0.2, 0) is 21.2 Å². The molecule has 2 aromatic carbocycles. The van der Waals surface area contributed by atoms with E-state index in [1.807, 2.05) is 6.92 Å². The third kappa shape index (κ3) is 6.64. The van der Waals surface area contributed by atoms with Crippen molar-refractivity contribution < 1.29 is 22.1 Å². The maximum atomic E-state index is 14.1. The number of anilines is 1. The molecule has 0 bridgehead atoms. The van der Waals surface area contributed by atoms with Gasteiger partial charge >= 0.3 is 0 Å². The largest absolute Gasteiger partial charge is 0.360 e. The highest BCUT2D eigenvalue weighted by molar-refractivity contribution is 7.93. The Morgan fingerprint density at radius 2 is 1.92 bits per heavy atom. The highest BCUT2D eigenvalue weighted by Gasteiger charge is 2.34. The molecule has 0 saturated carbocycles. The minimum Gasteiger partial charge on any atom is -0.360 e. The van der Waals surface area contributed by atoms with E-state index in [1.165, 1.54) is 22.5 Å². The van der Waals surface area contributed by atoms with Crippen LogP contribution in [0, 0.1) is 31.0 Å². The number of aryl methyl sites for hydroxylation is 2. The molecule has 1 aliphatic rings. The Kier molecular flexibility index (Phi) is 8.67. The Morgan fingerprint density at radius 3 is 2.51 bits per heavy atom. The Bertz CT molecular complexity index is 1440. The lowest BCUT2D eigenvalue weighted by Gasteiger charge is -2.38. The van der Waals surface area contributed by atoms with Gasteiger partial charge in [0.25, 0.3) is 10.0 Å². The molecule has 9 nitrogen and oxygen atoms in total. The number of likely N-dealkylation sites (tertiary alicyclic amines) is 1. The maximum absolute atomic E-state index is 14.1. The van der Waals surface area contributed by atoms with Crippen molar-refractivity contribution in [3.05, 3.63) is 76.9 Å². The predicted octanol–water partition coefficient (Wildman–Crippen LogP) is 3.71. The molecule has 1 amide bonds. The van der Waals surface area contributed by atoms with Crippen LogP contribution in [0.15, 0.2) is 57.9 Å². The first-order valence-corrected chi connectivity index (χ1v) is 14.3. The van der Waals surface area contributed by atoms with E-state index in [-0.39, 0.29) is 53.0 Å². The second-order valence-corrected chi connectivity index (χ2v) is 11.7. The van der Waals surface area contributed by atoms with Crippen LogP contribution in [0.5, 0.6) is 0 Å². The Balaban J connectivity index is 1.40. The molecule has 1 atom stereocenters. The van der Waals surface area contributed by atoms with Crippen LogP contribution in [0.4, 0.5) is 10.1 Å². The number of nitriles is 1. The van der Waals surface area contributed by atoms with Gasteiger partial charge < -0.3 is 9.84 Å². The minimum atomic E-state index is -4.07. The first kappa shape index (κ1) is 28.3. The van der Waals surface area contributed by atoms with Crippen molar-refractivity contribution >= 4 is 21.6 Å². The van der Waals surface area contributed by atoms with Gasteiger partial charge in [0.1, 0.15) is 11.5 Å². The highest BCUT2D eigenvalue weighted by Crippen LogP contribution is 2.29. The SMILES string of the molecule is Cc1noc(C)c1S(=O)(=O)N(C[C@@H](C)N1CCC(NC(=O)Cc2ccc(C#N)cc2)CC1)c1cccc(F)c1. The van der Waals surface area contributed by atoms with Gasteiger partial charge in [-0.05, 0) is 69.5 Å². The summed E-state index contributed by atoms with van der Waals surface area (Å²) in [5.74, 6) is -0.426. The summed E-state index contributed by atoms with van der Waals surface area (Å²) in [7, 11) is -4.07. The number of sulfonamides is 1. The van der Waals surface area contributed by atoms with Gasteiger partial charge in [0, 0.05) is 31.7 Å². The first-order chi connectivity index (χ1) is 18.6. The molecule has 11 heteroatoms. The number of rotatable bonds is 9. The zero-order valence-corrected chi connectivity index (χ0v) is 23.0. The molecule has 0 aliphatic carbocycles. The summed E-state index contributed by atoms with van der Waals surface area (Å²) >= 11 is 0. The summed E-state index contributed by atoms with van der Waals surface area (Å²) in [6, 6.07) is 14.4. The van der Waals surface area contributed by atoms with Gasteiger partial charge in [0.05, 0.1) is 23.7 Å². The quantitative estimate of drug-likeness (QED) is 0.429. The summed E-state index contributed by atoms with van der Waals surface area (Å²) in [4.78, 5) is 14.7. The molecule has 1 saturated heterocycles. The predicted molar refractivity (Wildman–Crippen MR) is 144 cm³/mol.